The third-order valence-corrected chi connectivity index (χ3v) is 2.35. The lowest BCUT2D eigenvalue weighted by molar-refractivity contribution is 0.338. The van der Waals surface area contributed by atoms with Crippen LogP contribution < -0.4 is 0 Å². The Hall–Kier alpha value is -0.230. The highest BCUT2D eigenvalue weighted by Crippen LogP contribution is 2.16. The van der Waals surface area contributed by atoms with Crippen LogP contribution in [0.4, 0.5) is 8.28 Å². The van der Waals surface area contributed by atoms with E-state index in [-0.39, 0.29) is 19.5 Å². The largest absolute Gasteiger partial charge is 0.374 e. The molecule has 0 unspecified atom stereocenters. The van der Waals surface area contributed by atoms with Crippen molar-refractivity contribution in [2.24, 2.45) is 0 Å². The summed E-state index contributed by atoms with van der Waals surface area (Å²) >= 11 is 0. The van der Waals surface area contributed by atoms with Gasteiger partial charge in [0.1, 0.15) is 6.17 Å². The summed E-state index contributed by atoms with van der Waals surface area (Å²) in [5, 5.41) is 0. The summed E-state index contributed by atoms with van der Waals surface area (Å²) in [6.45, 7) is -0.376. The van der Waals surface area contributed by atoms with Crippen molar-refractivity contribution in [1.29, 1.82) is 0 Å². The number of hydrogen-bond donors (Lipinski definition) is 0. The van der Waals surface area contributed by atoms with E-state index in [4.69, 9.17) is 0 Å². The maximum Gasteiger partial charge on any atom is 0.374 e. The lowest BCUT2D eigenvalue weighted by atomic mass is 10.4. The fraction of sp³-hybridized carbons (Fsp3) is 1.00. The van der Waals surface area contributed by atoms with E-state index in [1.807, 2.05) is 0 Å². The first-order valence-electron chi connectivity index (χ1n) is 2.84. The van der Waals surface area contributed by atoms with Gasteiger partial charge in [-0.2, -0.15) is 12.7 Å². The minimum absolute atomic E-state index is 0.0417. The van der Waals surface area contributed by atoms with Gasteiger partial charge in [0.2, 0.25) is 0 Å². The van der Waals surface area contributed by atoms with Crippen LogP contribution in [0.15, 0.2) is 0 Å². The van der Waals surface area contributed by atoms with Crippen molar-refractivity contribution < 1.29 is 16.7 Å². The highest BCUT2D eigenvalue weighted by Gasteiger charge is 2.30. The van der Waals surface area contributed by atoms with Crippen molar-refractivity contribution in [1.82, 2.24) is 4.31 Å². The first kappa shape index (κ1) is 7.87. The second-order valence-electron chi connectivity index (χ2n) is 2.19. The van der Waals surface area contributed by atoms with E-state index in [0.717, 1.165) is 0 Å². The molecule has 0 radical (unpaired) electrons. The zero-order chi connectivity index (χ0) is 7.78. The molecule has 3 nitrogen and oxygen atoms in total. The van der Waals surface area contributed by atoms with Gasteiger partial charge in [-0.1, -0.05) is 3.89 Å². The van der Waals surface area contributed by atoms with E-state index in [2.05, 4.69) is 0 Å². The van der Waals surface area contributed by atoms with Crippen molar-refractivity contribution in [2.45, 2.75) is 12.6 Å². The summed E-state index contributed by atoms with van der Waals surface area (Å²) in [5.74, 6) is 0. The van der Waals surface area contributed by atoms with Crippen LogP contribution in [0.3, 0.4) is 0 Å². The third-order valence-electron chi connectivity index (χ3n) is 1.40. The lowest BCUT2D eigenvalue weighted by Gasteiger charge is -2.05. The highest BCUT2D eigenvalue weighted by molar-refractivity contribution is 7.83. The van der Waals surface area contributed by atoms with Crippen LogP contribution in [0.1, 0.15) is 6.42 Å². The first-order valence-corrected chi connectivity index (χ1v) is 4.18. The van der Waals surface area contributed by atoms with Crippen LogP contribution in [0, 0.1) is 0 Å². The quantitative estimate of drug-likeness (QED) is 0.530. The molecule has 1 rings (SSSR count). The van der Waals surface area contributed by atoms with Crippen molar-refractivity contribution >= 4 is 10.4 Å². The molecule has 1 aliphatic heterocycles. The molecule has 1 heterocycles. The molecule has 0 N–H and O–H groups in total. The lowest BCUT2D eigenvalue weighted by Crippen LogP contribution is -2.25. The molecule has 0 saturated carbocycles. The first-order chi connectivity index (χ1) is 4.50. The predicted molar refractivity (Wildman–Crippen MR) is 31.1 cm³/mol. The molecule has 10 heavy (non-hydrogen) atoms. The van der Waals surface area contributed by atoms with Crippen LogP contribution in [0.25, 0.3) is 0 Å². The second-order valence-corrected chi connectivity index (χ2v) is 3.53. The topological polar surface area (TPSA) is 37.4 Å². The monoisotopic (exact) mass is 171 g/mol. The molecule has 0 bridgehead atoms. The van der Waals surface area contributed by atoms with Gasteiger partial charge in [0, 0.05) is 13.1 Å². The standard InChI is InChI=1S/C4H7F2NO2S/c5-4-1-2-7(3-4)10(6,8)9/h4H,1-3H2/t4-/m1/s1. The summed E-state index contributed by atoms with van der Waals surface area (Å²) in [6, 6.07) is 0. The molecule has 0 aliphatic carbocycles. The van der Waals surface area contributed by atoms with Gasteiger partial charge in [-0.15, -0.1) is 0 Å². The predicted octanol–water partition coefficient (Wildman–Crippen LogP) is 0.245. The number of nitrogens with zero attached hydrogens (tertiary/aromatic N) is 1. The normalized spacial score (nSPS) is 29.2. The smallest absolute Gasteiger partial charge is 0.246 e. The molecule has 1 atom stereocenters. The van der Waals surface area contributed by atoms with Gasteiger partial charge in [0.25, 0.3) is 0 Å². The number of alkyl halides is 1. The Morgan fingerprint density at radius 2 is 2.10 bits per heavy atom. The average Bonchev–Trinajstić information content (AvgIpc) is 2.11. The number of hydrogen-bond acceptors (Lipinski definition) is 2. The molecule has 0 aromatic heterocycles. The minimum Gasteiger partial charge on any atom is -0.246 e. The summed E-state index contributed by atoms with van der Waals surface area (Å²) in [4.78, 5) is 0. The fourth-order valence-corrected chi connectivity index (χ4v) is 1.55. The maximum atomic E-state index is 12.2. The Morgan fingerprint density at radius 1 is 1.50 bits per heavy atom. The van der Waals surface area contributed by atoms with E-state index in [0.29, 0.717) is 4.31 Å². The number of halogens is 2. The molecule has 1 aliphatic rings. The molecular formula is C4H7F2NO2S. The third kappa shape index (κ3) is 1.63. The Balaban J connectivity index is 2.62. The zero-order valence-corrected chi connectivity index (χ0v) is 5.94. The van der Waals surface area contributed by atoms with Crippen molar-refractivity contribution in [3.63, 3.8) is 0 Å². The van der Waals surface area contributed by atoms with Gasteiger partial charge < -0.3 is 0 Å². The zero-order valence-electron chi connectivity index (χ0n) is 5.13. The van der Waals surface area contributed by atoms with Gasteiger partial charge in [0.15, 0.2) is 0 Å². The summed E-state index contributed by atoms with van der Waals surface area (Å²) < 4.78 is 44.9. The van der Waals surface area contributed by atoms with Crippen LogP contribution in [0.5, 0.6) is 0 Å². The summed E-state index contributed by atoms with van der Waals surface area (Å²) in [6.07, 6.45) is -1.10. The van der Waals surface area contributed by atoms with E-state index >= 15 is 0 Å². The molecule has 60 valence electrons. The van der Waals surface area contributed by atoms with E-state index in [1.165, 1.54) is 0 Å². The van der Waals surface area contributed by atoms with E-state index < -0.39 is 16.6 Å². The Kier molecular flexibility index (Phi) is 1.91. The van der Waals surface area contributed by atoms with E-state index in [9.17, 15) is 16.7 Å². The van der Waals surface area contributed by atoms with Gasteiger partial charge >= 0.3 is 10.4 Å². The molecule has 0 amide bonds. The molecular weight excluding hydrogens is 164 g/mol. The van der Waals surface area contributed by atoms with Crippen molar-refractivity contribution in [2.75, 3.05) is 13.1 Å². The van der Waals surface area contributed by atoms with Crippen molar-refractivity contribution in [3.05, 3.63) is 0 Å². The van der Waals surface area contributed by atoms with Gasteiger partial charge in [-0.25, -0.2) is 4.39 Å². The minimum atomic E-state index is -4.64. The molecule has 6 heteroatoms. The van der Waals surface area contributed by atoms with Gasteiger partial charge in [-0.3, -0.25) is 0 Å². The van der Waals surface area contributed by atoms with Gasteiger partial charge in [0.05, 0.1) is 0 Å². The van der Waals surface area contributed by atoms with Crippen LogP contribution in [0.2, 0.25) is 0 Å². The molecule has 1 fully saturated rings. The van der Waals surface area contributed by atoms with Crippen molar-refractivity contribution in [3.8, 4) is 0 Å². The van der Waals surface area contributed by atoms with Crippen LogP contribution in [-0.2, 0) is 10.4 Å². The SMILES string of the molecule is O=S(=O)(F)N1CC[C@@H](F)C1. The Bertz CT molecular complexity index is 215. The molecule has 1 saturated heterocycles. The Morgan fingerprint density at radius 3 is 2.30 bits per heavy atom. The number of rotatable bonds is 1. The van der Waals surface area contributed by atoms with Gasteiger partial charge in [-0.05, 0) is 6.42 Å². The Labute approximate surface area is 58.0 Å². The fourth-order valence-electron chi connectivity index (χ4n) is 0.886. The van der Waals surface area contributed by atoms with Crippen LogP contribution in [-0.4, -0.2) is 32.0 Å². The summed E-state index contributed by atoms with van der Waals surface area (Å²) in [5.41, 5.74) is 0. The summed E-state index contributed by atoms with van der Waals surface area (Å²) in [7, 11) is -4.64. The van der Waals surface area contributed by atoms with Crippen LogP contribution >= 0.6 is 0 Å². The molecule has 0 aromatic rings. The van der Waals surface area contributed by atoms with E-state index in [1.54, 1.807) is 0 Å². The highest BCUT2D eigenvalue weighted by atomic mass is 32.3. The molecule has 0 spiro atoms. The molecule has 0 aromatic carbocycles. The second kappa shape index (κ2) is 2.43. The maximum absolute atomic E-state index is 12.2. The average molecular weight is 171 g/mol.